The number of anilines is 1. The van der Waals surface area contributed by atoms with Gasteiger partial charge in [-0.3, -0.25) is 9.29 Å². The van der Waals surface area contributed by atoms with Crippen LogP contribution in [0.25, 0.3) is 11.1 Å². The van der Waals surface area contributed by atoms with Gasteiger partial charge in [0.25, 0.3) is 0 Å². The van der Waals surface area contributed by atoms with Crippen molar-refractivity contribution >= 4 is 38.7 Å². The molecule has 4 aromatic rings. The minimum absolute atomic E-state index is 0. The molecule has 2 heterocycles. The summed E-state index contributed by atoms with van der Waals surface area (Å²) in [4.78, 5) is 17.0. The Morgan fingerprint density at radius 3 is 2.68 bits per heavy atom. The molecule has 1 unspecified atom stereocenters. The molecule has 2 aromatic heterocycles. The van der Waals surface area contributed by atoms with E-state index in [9.17, 15) is 9.00 Å². The van der Waals surface area contributed by atoms with Crippen LogP contribution in [-0.4, -0.2) is 23.6 Å². The number of hydrogen-bond donors (Lipinski definition) is 1. The van der Waals surface area contributed by atoms with E-state index in [1.165, 1.54) is 6.33 Å². The molecule has 0 aliphatic heterocycles. The molecule has 2 aromatic carbocycles. The van der Waals surface area contributed by atoms with Crippen molar-refractivity contribution in [3.63, 3.8) is 0 Å². The molecule has 4 rings (SSSR count). The maximum atomic E-state index is 12.6. The molecule has 0 saturated heterocycles. The Kier molecular flexibility index (Phi) is 5.73. The van der Waals surface area contributed by atoms with Crippen LogP contribution >= 0.6 is 11.5 Å². The highest BCUT2D eigenvalue weighted by Gasteiger charge is 2.19. The molecule has 0 aliphatic carbocycles. The van der Waals surface area contributed by atoms with E-state index < -0.39 is 16.7 Å². The van der Waals surface area contributed by atoms with Gasteiger partial charge in [-0.1, -0.05) is 30.3 Å². The molecule has 28 heavy (non-hydrogen) atoms. The minimum Gasteiger partial charge on any atom is -0.412 e. The maximum Gasteiger partial charge on any atom is 0.420 e. The largest absolute Gasteiger partial charge is 0.420 e. The zero-order valence-corrected chi connectivity index (χ0v) is 16.7. The van der Waals surface area contributed by atoms with Crippen molar-refractivity contribution in [1.82, 2.24) is 13.9 Å². The summed E-state index contributed by atoms with van der Waals surface area (Å²) >= 11 is 1.12. The number of aromatic nitrogens is 3. The van der Waals surface area contributed by atoms with E-state index in [0.717, 1.165) is 22.7 Å². The van der Waals surface area contributed by atoms with Crippen molar-refractivity contribution in [2.75, 3.05) is 4.72 Å². The van der Waals surface area contributed by atoms with Gasteiger partial charge in [-0.05, 0) is 31.0 Å². The third-order valence-electron chi connectivity index (χ3n) is 4.32. The number of fused-ring (bicyclic) bond motifs is 1. The fourth-order valence-corrected chi connectivity index (χ4v) is 4.52. The normalized spacial score (nSPS) is 13.1. The standard InChI is InChI=1S/C18H16N4O3S2.H2O/c1-11-8-14-15(9-16(11)27(24)21-17-19-10-20-26-17)25-18(23)22(14)12(2)13-6-4-3-5-7-13;/h3-10,12H,1-2H3,(H,19,20,21);1H2/t12-,27?;/m1./s1. The molecule has 10 heteroatoms. The Morgan fingerprint density at radius 1 is 1.25 bits per heavy atom. The number of rotatable bonds is 5. The Morgan fingerprint density at radius 2 is 2.00 bits per heavy atom. The second kappa shape index (κ2) is 8.05. The molecular weight excluding hydrogens is 400 g/mol. The molecule has 0 amide bonds. The molecule has 0 saturated carbocycles. The number of benzene rings is 2. The first-order chi connectivity index (χ1) is 13.0. The minimum atomic E-state index is -1.54. The summed E-state index contributed by atoms with van der Waals surface area (Å²) in [7, 11) is -1.54. The molecule has 3 N–H and O–H groups in total. The Bertz CT molecular complexity index is 1170. The summed E-state index contributed by atoms with van der Waals surface area (Å²) in [6.45, 7) is 3.80. The Labute approximate surface area is 166 Å². The highest BCUT2D eigenvalue weighted by Crippen LogP contribution is 2.27. The SMILES string of the molecule is Cc1cc2c(cc1S(=O)Nc1ncns1)oc(=O)n2[C@H](C)c1ccccc1.O. The first-order valence-electron chi connectivity index (χ1n) is 8.20. The number of aryl methyl sites for hydroxylation is 1. The third-order valence-corrected chi connectivity index (χ3v) is 6.25. The van der Waals surface area contributed by atoms with Gasteiger partial charge in [-0.2, -0.15) is 4.37 Å². The number of oxazole rings is 1. The van der Waals surface area contributed by atoms with Gasteiger partial charge in [0.15, 0.2) is 16.6 Å². The van der Waals surface area contributed by atoms with Gasteiger partial charge in [0.2, 0.25) is 5.13 Å². The van der Waals surface area contributed by atoms with Gasteiger partial charge in [-0.25, -0.2) is 14.0 Å². The molecule has 0 spiro atoms. The summed E-state index contributed by atoms with van der Waals surface area (Å²) in [6.07, 6.45) is 1.39. The lowest BCUT2D eigenvalue weighted by molar-refractivity contribution is 0.489. The summed E-state index contributed by atoms with van der Waals surface area (Å²) in [5.41, 5.74) is 2.86. The lowest BCUT2D eigenvalue weighted by Crippen LogP contribution is -2.19. The van der Waals surface area contributed by atoms with Crippen LogP contribution in [0.4, 0.5) is 5.13 Å². The van der Waals surface area contributed by atoms with E-state index >= 15 is 0 Å². The summed E-state index contributed by atoms with van der Waals surface area (Å²) in [6, 6.07) is 13.0. The fraction of sp³-hybridized carbons (Fsp3) is 0.167. The van der Waals surface area contributed by atoms with Gasteiger partial charge < -0.3 is 9.89 Å². The monoisotopic (exact) mass is 418 g/mol. The molecule has 0 radical (unpaired) electrons. The lowest BCUT2D eigenvalue weighted by atomic mass is 10.1. The van der Waals surface area contributed by atoms with Crippen molar-refractivity contribution in [2.45, 2.75) is 24.8 Å². The molecule has 0 aliphatic rings. The van der Waals surface area contributed by atoms with E-state index in [2.05, 4.69) is 14.1 Å². The van der Waals surface area contributed by atoms with Crippen LogP contribution in [0.1, 0.15) is 24.1 Å². The van der Waals surface area contributed by atoms with Crippen LogP contribution < -0.4 is 10.5 Å². The van der Waals surface area contributed by atoms with Crippen molar-refractivity contribution in [3.05, 3.63) is 70.5 Å². The highest BCUT2D eigenvalue weighted by atomic mass is 32.2. The van der Waals surface area contributed by atoms with Gasteiger partial charge in [-0.15, -0.1) is 0 Å². The quantitative estimate of drug-likeness (QED) is 0.534. The Balaban J connectivity index is 0.00000225. The predicted molar refractivity (Wildman–Crippen MR) is 109 cm³/mol. The van der Waals surface area contributed by atoms with Crippen molar-refractivity contribution in [2.24, 2.45) is 0 Å². The van der Waals surface area contributed by atoms with Gasteiger partial charge >= 0.3 is 5.76 Å². The van der Waals surface area contributed by atoms with Crippen LogP contribution in [0.5, 0.6) is 0 Å². The fourth-order valence-electron chi connectivity index (χ4n) is 2.97. The molecule has 2 atom stereocenters. The van der Waals surface area contributed by atoms with Crippen molar-refractivity contribution in [3.8, 4) is 0 Å². The molecular formula is C18H18N4O4S2. The molecule has 0 bridgehead atoms. The number of nitrogens with one attached hydrogen (secondary N) is 1. The van der Waals surface area contributed by atoms with E-state index in [4.69, 9.17) is 4.42 Å². The van der Waals surface area contributed by atoms with Crippen LogP contribution in [0.3, 0.4) is 0 Å². The summed E-state index contributed by atoms with van der Waals surface area (Å²) in [5, 5.41) is 0.463. The zero-order chi connectivity index (χ0) is 19.0. The van der Waals surface area contributed by atoms with Crippen molar-refractivity contribution < 1.29 is 14.1 Å². The van der Waals surface area contributed by atoms with E-state index in [0.29, 0.717) is 21.1 Å². The van der Waals surface area contributed by atoms with E-state index in [1.807, 2.05) is 50.2 Å². The maximum absolute atomic E-state index is 12.6. The average molecular weight is 419 g/mol. The van der Waals surface area contributed by atoms with Crippen molar-refractivity contribution in [1.29, 1.82) is 0 Å². The number of hydrogen-bond acceptors (Lipinski definition) is 6. The predicted octanol–water partition coefficient (Wildman–Crippen LogP) is 2.67. The van der Waals surface area contributed by atoms with Gasteiger partial charge in [0.1, 0.15) is 6.33 Å². The molecule has 0 fully saturated rings. The Hall–Kier alpha value is -2.82. The summed E-state index contributed by atoms with van der Waals surface area (Å²) < 4.78 is 26.4. The first kappa shape index (κ1) is 19.9. The van der Waals surface area contributed by atoms with Crippen LogP contribution in [0.2, 0.25) is 0 Å². The zero-order valence-electron chi connectivity index (χ0n) is 15.1. The van der Waals surface area contributed by atoms with Gasteiger partial charge in [0.05, 0.1) is 16.5 Å². The second-order valence-electron chi connectivity index (χ2n) is 6.03. The lowest BCUT2D eigenvalue weighted by Gasteiger charge is -2.13. The molecule has 146 valence electrons. The first-order valence-corrected chi connectivity index (χ1v) is 10.1. The smallest absolute Gasteiger partial charge is 0.412 e. The van der Waals surface area contributed by atoms with Crippen LogP contribution in [0, 0.1) is 6.92 Å². The van der Waals surface area contributed by atoms with Crippen LogP contribution in [-0.2, 0) is 11.0 Å². The van der Waals surface area contributed by atoms with E-state index in [-0.39, 0.29) is 11.5 Å². The average Bonchev–Trinajstić information content (AvgIpc) is 3.28. The number of nitrogens with zero attached hydrogens (tertiary/aromatic N) is 3. The topological polar surface area (TPSA) is 122 Å². The highest BCUT2D eigenvalue weighted by molar-refractivity contribution is 7.86. The summed E-state index contributed by atoms with van der Waals surface area (Å²) in [5.74, 6) is -0.444. The van der Waals surface area contributed by atoms with Gasteiger partial charge in [0, 0.05) is 17.6 Å². The molecule has 8 nitrogen and oxygen atoms in total. The van der Waals surface area contributed by atoms with Crippen LogP contribution in [0.15, 0.2) is 62.9 Å². The third kappa shape index (κ3) is 3.61. The van der Waals surface area contributed by atoms with E-state index in [1.54, 1.807) is 10.6 Å². The second-order valence-corrected chi connectivity index (χ2v) is 7.99.